The average Bonchev–Trinajstić information content (AvgIpc) is 2.76. The molecule has 0 saturated carbocycles. The fourth-order valence-electron chi connectivity index (χ4n) is 3.45. The Kier molecular flexibility index (Phi) is 7.10. The van der Waals surface area contributed by atoms with E-state index < -0.39 is 27.8 Å². The maximum Gasteiger partial charge on any atom is 0.446 e. The van der Waals surface area contributed by atoms with Gasteiger partial charge < -0.3 is 13.7 Å². The van der Waals surface area contributed by atoms with Crippen LogP contribution < -0.4 is 8.92 Å². The van der Waals surface area contributed by atoms with Gasteiger partial charge in [-0.1, -0.05) is 30.3 Å². The Hall–Kier alpha value is -3.76. The van der Waals surface area contributed by atoms with Gasteiger partial charge in [0.25, 0.3) is 0 Å². The molecule has 0 aliphatic rings. The predicted molar refractivity (Wildman–Crippen MR) is 117 cm³/mol. The number of pyridine rings is 1. The molecule has 0 spiro atoms. The first-order valence-corrected chi connectivity index (χ1v) is 11.2. The smallest absolute Gasteiger partial charge is 0.446 e. The second-order valence-corrected chi connectivity index (χ2v) is 7.86. The SMILES string of the molecule is CCOC(=O)C(c1ccc(OC(C)=O)cc1)(c1ccc(OS(=O)(=O)O)cc1)c1ccccn1. The largest absolute Gasteiger partial charge is 0.465 e. The molecule has 0 aliphatic carbocycles. The second-order valence-electron chi connectivity index (χ2n) is 6.84. The normalized spacial score (nSPS) is 12.9. The molecule has 2 aromatic carbocycles. The van der Waals surface area contributed by atoms with E-state index >= 15 is 0 Å². The van der Waals surface area contributed by atoms with Crippen molar-refractivity contribution in [3.05, 3.63) is 89.7 Å². The summed E-state index contributed by atoms with van der Waals surface area (Å²) >= 11 is 0. The summed E-state index contributed by atoms with van der Waals surface area (Å²) in [5.74, 6) is -0.960. The van der Waals surface area contributed by atoms with Crippen molar-refractivity contribution in [1.82, 2.24) is 4.98 Å². The summed E-state index contributed by atoms with van der Waals surface area (Å²) in [6.07, 6.45) is 1.53. The lowest BCUT2D eigenvalue weighted by Gasteiger charge is -2.32. The zero-order valence-electron chi connectivity index (χ0n) is 17.8. The number of carbonyl (C=O) groups is 2. The van der Waals surface area contributed by atoms with Crippen LogP contribution in [-0.4, -0.2) is 36.5 Å². The fraction of sp³-hybridized carbons (Fsp3) is 0.174. The predicted octanol–water partition coefficient (Wildman–Crippen LogP) is 3.09. The van der Waals surface area contributed by atoms with Crippen LogP contribution in [0.2, 0.25) is 0 Å². The maximum atomic E-state index is 13.5. The minimum Gasteiger partial charge on any atom is -0.465 e. The Morgan fingerprint density at radius 1 is 0.939 bits per heavy atom. The maximum absolute atomic E-state index is 13.5. The van der Waals surface area contributed by atoms with E-state index in [0.717, 1.165) is 0 Å². The molecule has 0 fully saturated rings. The molecule has 0 saturated heterocycles. The summed E-state index contributed by atoms with van der Waals surface area (Å²) in [6.45, 7) is 3.05. The van der Waals surface area contributed by atoms with E-state index in [9.17, 15) is 18.0 Å². The van der Waals surface area contributed by atoms with Crippen LogP contribution in [0.4, 0.5) is 0 Å². The van der Waals surface area contributed by atoms with Gasteiger partial charge in [-0.15, -0.1) is 0 Å². The number of hydrogen-bond acceptors (Lipinski definition) is 8. The van der Waals surface area contributed by atoms with Gasteiger partial charge in [0.1, 0.15) is 11.5 Å². The number of ether oxygens (including phenoxy) is 2. The molecular weight excluding hydrogens is 450 g/mol. The van der Waals surface area contributed by atoms with Crippen LogP contribution >= 0.6 is 0 Å². The lowest BCUT2D eigenvalue weighted by molar-refractivity contribution is -0.147. The molecule has 10 heteroatoms. The monoisotopic (exact) mass is 471 g/mol. The third kappa shape index (κ3) is 5.36. The Morgan fingerprint density at radius 3 is 1.97 bits per heavy atom. The van der Waals surface area contributed by atoms with Crippen molar-refractivity contribution in [3.8, 4) is 11.5 Å². The summed E-state index contributed by atoms with van der Waals surface area (Å²) in [4.78, 5) is 29.2. The number of nitrogens with zero attached hydrogens (tertiary/aromatic N) is 1. The first kappa shape index (κ1) is 23.9. The van der Waals surface area contributed by atoms with Gasteiger partial charge in [-0.2, -0.15) is 8.42 Å². The summed E-state index contributed by atoms with van der Waals surface area (Å²) in [5.41, 5.74) is -0.309. The molecule has 1 N–H and O–H groups in total. The quantitative estimate of drug-likeness (QED) is 0.299. The number of aromatic nitrogens is 1. The fourth-order valence-corrected chi connectivity index (χ4v) is 3.80. The van der Waals surface area contributed by atoms with Gasteiger partial charge >= 0.3 is 22.3 Å². The number of esters is 2. The molecule has 9 nitrogen and oxygen atoms in total. The molecule has 1 atom stereocenters. The van der Waals surface area contributed by atoms with E-state index in [-0.39, 0.29) is 12.4 Å². The van der Waals surface area contributed by atoms with Crippen LogP contribution in [0.15, 0.2) is 72.9 Å². The average molecular weight is 471 g/mol. The van der Waals surface area contributed by atoms with Gasteiger partial charge in [-0.05, 0) is 54.4 Å². The highest BCUT2D eigenvalue weighted by molar-refractivity contribution is 7.81. The molecule has 0 aliphatic heterocycles. The van der Waals surface area contributed by atoms with Crippen LogP contribution in [-0.2, 0) is 30.1 Å². The molecular formula is C23H21NO8S. The van der Waals surface area contributed by atoms with E-state index in [2.05, 4.69) is 9.17 Å². The highest BCUT2D eigenvalue weighted by atomic mass is 32.3. The second kappa shape index (κ2) is 9.80. The molecule has 1 aromatic heterocycles. The van der Waals surface area contributed by atoms with E-state index in [1.54, 1.807) is 49.4 Å². The zero-order chi connectivity index (χ0) is 24.1. The van der Waals surface area contributed by atoms with Crippen molar-refractivity contribution in [2.45, 2.75) is 19.3 Å². The Balaban J connectivity index is 2.24. The molecule has 3 aromatic rings. The van der Waals surface area contributed by atoms with Gasteiger partial charge in [0.15, 0.2) is 5.41 Å². The Morgan fingerprint density at radius 2 is 1.52 bits per heavy atom. The van der Waals surface area contributed by atoms with E-state index in [1.807, 2.05) is 0 Å². The topological polar surface area (TPSA) is 129 Å². The van der Waals surface area contributed by atoms with Gasteiger partial charge in [0.2, 0.25) is 0 Å². The number of hydrogen-bond donors (Lipinski definition) is 1. The van der Waals surface area contributed by atoms with Crippen LogP contribution in [0, 0.1) is 0 Å². The standard InChI is InChI=1S/C23H21NO8S/c1-3-30-22(26)23(21-6-4-5-15-24-21,17-7-11-19(12-8-17)31-16(2)25)18-9-13-20(14-10-18)32-33(27,28)29/h4-15H,3H2,1-2H3,(H,27,28,29). The Bertz CT molecular complexity index is 1230. The summed E-state index contributed by atoms with van der Waals surface area (Å²) in [5, 5.41) is 0. The summed E-state index contributed by atoms with van der Waals surface area (Å²) in [6, 6.07) is 17.0. The van der Waals surface area contributed by atoms with Gasteiger partial charge in [0.05, 0.1) is 12.3 Å². The van der Waals surface area contributed by atoms with Crippen molar-refractivity contribution in [2.24, 2.45) is 0 Å². The first-order chi connectivity index (χ1) is 15.7. The number of carbonyl (C=O) groups excluding carboxylic acids is 2. The summed E-state index contributed by atoms with van der Waals surface area (Å²) in [7, 11) is -4.71. The third-order valence-electron chi connectivity index (χ3n) is 4.67. The van der Waals surface area contributed by atoms with Crippen LogP contribution in [0.25, 0.3) is 0 Å². The van der Waals surface area contributed by atoms with Gasteiger partial charge in [0, 0.05) is 13.1 Å². The van der Waals surface area contributed by atoms with Crippen molar-refractivity contribution < 1.29 is 36.2 Å². The zero-order valence-corrected chi connectivity index (χ0v) is 18.6. The molecule has 1 heterocycles. The molecule has 33 heavy (non-hydrogen) atoms. The van der Waals surface area contributed by atoms with Gasteiger partial charge in [-0.3, -0.25) is 19.1 Å². The van der Waals surface area contributed by atoms with Crippen molar-refractivity contribution >= 4 is 22.3 Å². The molecule has 0 amide bonds. The van der Waals surface area contributed by atoms with Crippen LogP contribution in [0.5, 0.6) is 11.5 Å². The molecule has 3 rings (SSSR count). The molecule has 1 unspecified atom stereocenters. The lowest BCUT2D eigenvalue weighted by Crippen LogP contribution is -2.40. The number of rotatable bonds is 8. The van der Waals surface area contributed by atoms with Crippen LogP contribution in [0.1, 0.15) is 30.7 Å². The van der Waals surface area contributed by atoms with E-state index in [0.29, 0.717) is 22.6 Å². The highest BCUT2D eigenvalue weighted by Gasteiger charge is 2.46. The highest BCUT2D eigenvalue weighted by Crippen LogP contribution is 2.40. The van der Waals surface area contributed by atoms with E-state index in [4.69, 9.17) is 14.0 Å². The molecule has 0 radical (unpaired) electrons. The number of benzene rings is 2. The Labute approximate surface area is 190 Å². The lowest BCUT2D eigenvalue weighted by atomic mass is 9.71. The summed E-state index contributed by atoms with van der Waals surface area (Å²) < 4.78 is 46.0. The third-order valence-corrected chi connectivity index (χ3v) is 5.07. The van der Waals surface area contributed by atoms with E-state index in [1.165, 1.54) is 37.4 Å². The van der Waals surface area contributed by atoms with Crippen molar-refractivity contribution in [3.63, 3.8) is 0 Å². The van der Waals surface area contributed by atoms with Crippen molar-refractivity contribution in [1.29, 1.82) is 0 Å². The minimum absolute atomic E-state index is 0.100. The molecule has 0 bridgehead atoms. The first-order valence-electron chi connectivity index (χ1n) is 9.82. The van der Waals surface area contributed by atoms with Crippen molar-refractivity contribution in [2.75, 3.05) is 6.61 Å². The molecule has 172 valence electrons. The van der Waals surface area contributed by atoms with Crippen LogP contribution in [0.3, 0.4) is 0 Å². The minimum atomic E-state index is -4.71. The van der Waals surface area contributed by atoms with Gasteiger partial charge in [-0.25, -0.2) is 0 Å².